The van der Waals surface area contributed by atoms with Gasteiger partial charge in [-0.05, 0) is 27.7 Å². The molecule has 0 amide bonds. The number of methoxy groups -OCH3 is 2. The van der Waals surface area contributed by atoms with Crippen LogP contribution < -0.4 is 0 Å². The van der Waals surface area contributed by atoms with E-state index in [0.29, 0.717) is 0 Å². The number of carbonyl (C=O) groups excluding carboxylic acids is 1. The van der Waals surface area contributed by atoms with E-state index in [1.807, 2.05) is 27.7 Å². The van der Waals surface area contributed by atoms with Crippen molar-refractivity contribution in [3.05, 3.63) is 12.7 Å². The number of hydrogen-bond acceptors (Lipinski definition) is 16. The summed E-state index contributed by atoms with van der Waals surface area (Å²) >= 11 is 0. The highest BCUT2D eigenvalue weighted by Crippen LogP contribution is 2.39. The van der Waals surface area contributed by atoms with Crippen LogP contribution in [0.2, 0.25) is 0 Å². The molecule has 0 aromatic rings. The second-order valence-corrected chi connectivity index (χ2v) is 10.9. The van der Waals surface area contributed by atoms with E-state index in [9.17, 15) is 4.79 Å². The van der Waals surface area contributed by atoms with E-state index in [1.54, 1.807) is 7.11 Å². The third-order valence-corrected chi connectivity index (χ3v) is 6.93. The molecule has 5 saturated heterocycles. The number of aliphatic hydroxyl groups excluding tert-OH is 5. The highest BCUT2D eigenvalue weighted by molar-refractivity contribution is 5.81. The molecule has 12 atom stereocenters. The van der Waals surface area contributed by atoms with Crippen LogP contribution in [-0.4, -0.2) is 151 Å². The lowest BCUT2D eigenvalue weighted by atomic mass is 10.1. The fourth-order valence-electron chi connectivity index (χ4n) is 5.05. The van der Waals surface area contributed by atoms with Crippen LogP contribution in [-0.2, 0) is 52.2 Å². The smallest absolute Gasteiger partial charge is 0.330 e. The first kappa shape index (κ1) is 35.1. The van der Waals surface area contributed by atoms with Crippen molar-refractivity contribution in [3.63, 3.8) is 0 Å². The van der Waals surface area contributed by atoms with Crippen molar-refractivity contribution in [2.75, 3.05) is 34.0 Å². The van der Waals surface area contributed by atoms with Gasteiger partial charge in [-0.3, -0.25) is 0 Å². The van der Waals surface area contributed by atoms with Crippen molar-refractivity contribution in [3.8, 4) is 0 Å². The van der Waals surface area contributed by atoms with Crippen LogP contribution in [0.4, 0.5) is 0 Å². The lowest BCUT2D eigenvalue weighted by Gasteiger charge is -2.23. The predicted molar refractivity (Wildman–Crippen MR) is 137 cm³/mol. The van der Waals surface area contributed by atoms with E-state index in [4.69, 9.17) is 68.2 Å². The first-order valence-corrected chi connectivity index (χ1v) is 13.5. The Bertz CT molecular complexity index is 864. The largest absolute Gasteiger partial charge is 0.460 e. The van der Waals surface area contributed by atoms with Crippen LogP contribution in [0.5, 0.6) is 0 Å². The second-order valence-electron chi connectivity index (χ2n) is 10.9. The molecule has 42 heavy (non-hydrogen) atoms. The van der Waals surface area contributed by atoms with E-state index in [-0.39, 0.29) is 43.7 Å². The molecule has 4 unspecified atom stereocenters. The minimum atomic E-state index is -1.38. The van der Waals surface area contributed by atoms with Crippen molar-refractivity contribution < 1.29 is 77.7 Å². The topological polar surface area (TPSA) is 211 Å². The normalized spacial score (nSPS) is 42.5. The number of carbonyl (C=O) groups is 1. The molecule has 0 spiro atoms. The summed E-state index contributed by atoms with van der Waals surface area (Å²) in [4.78, 5) is 11.0. The monoisotopic (exact) mass is 612 g/mol. The summed E-state index contributed by atoms with van der Waals surface area (Å²) in [6.07, 6.45) is -6.45. The van der Waals surface area contributed by atoms with Gasteiger partial charge in [-0.25, -0.2) is 4.79 Å². The molecule has 16 heteroatoms. The van der Waals surface area contributed by atoms with Gasteiger partial charge in [0, 0.05) is 20.3 Å². The summed E-state index contributed by atoms with van der Waals surface area (Å²) in [5, 5.41) is 44.0. The van der Waals surface area contributed by atoms with E-state index >= 15 is 0 Å². The maximum Gasteiger partial charge on any atom is 0.330 e. The minimum absolute atomic E-state index is 0.0829. The number of hydrogen-bond donors (Lipinski definition) is 5. The van der Waals surface area contributed by atoms with Crippen molar-refractivity contribution in [2.24, 2.45) is 0 Å². The molecule has 5 heterocycles. The average molecular weight is 613 g/mol. The van der Waals surface area contributed by atoms with Crippen LogP contribution in [0, 0.1) is 0 Å². The standard InChI is InChI=1S/C12H18O6.C9H16O5.C5H10O5/c1-5-8(13)15-6-7-9-10(11(14-4)16-7)18-12(2,3)17-9;1-9(2)13-6-5(4-10)12-8(11-3)7(6)14-9;6-1-2-3(7)4(8)5(9)10-2/h5,7,9-11H,1,6H2,2-4H3;5-8,10H,4H2,1-3H3;2-9H,1H2/t7-,9?,10+,11-;5-,6?,7+,8-;2-,3?,4+,5?/m111/s1. The van der Waals surface area contributed by atoms with E-state index in [1.165, 1.54) is 7.11 Å². The maximum absolute atomic E-state index is 11.0. The molecule has 0 aromatic heterocycles. The van der Waals surface area contributed by atoms with Gasteiger partial charge < -0.3 is 72.9 Å². The Morgan fingerprint density at radius 3 is 1.57 bits per heavy atom. The highest BCUT2D eigenvalue weighted by atomic mass is 16.8. The molecule has 5 aliphatic heterocycles. The molecule has 5 rings (SSSR count). The zero-order chi connectivity index (χ0) is 31.4. The summed E-state index contributed by atoms with van der Waals surface area (Å²) in [6, 6.07) is 0. The lowest BCUT2D eigenvalue weighted by molar-refractivity contribution is -0.231. The van der Waals surface area contributed by atoms with Crippen molar-refractivity contribution >= 4 is 5.97 Å². The van der Waals surface area contributed by atoms with E-state index in [0.717, 1.165) is 6.08 Å². The van der Waals surface area contributed by atoms with Crippen LogP contribution in [0.3, 0.4) is 0 Å². The fraction of sp³-hybridized carbons (Fsp3) is 0.885. The Morgan fingerprint density at radius 2 is 1.19 bits per heavy atom. The SMILES string of the molecule is C=CC(=O)OC[C@H]1O[C@@H](OC)[C@H]2OC(C)(C)OC12.CO[C@@H]1O[C@H](CO)C2OC(C)(C)O[C@@H]21.OC[C@H]1OC(O)[C@@H](O)C1O. The molecule has 16 nitrogen and oxygen atoms in total. The van der Waals surface area contributed by atoms with Gasteiger partial charge >= 0.3 is 5.97 Å². The number of ether oxygens (including phenoxy) is 10. The second kappa shape index (κ2) is 14.6. The number of esters is 1. The van der Waals surface area contributed by atoms with Gasteiger partial charge in [0.15, 0.2) is 30.4 Å². The van der Waals surface area contributed by atoms with Gasteiger partial charge in [0.05, 0.1) is 13.2 Å². The molecular weight excluding hydrogens is 568 g/mol. The zero-order valence-corrected chi connectivity index (χ0v) is 24.6. The molecule has 0 aromatic carbocycles. The van der Waals surface area contributed by atoms with Gasteiger partial charge in [0.1, 0.15) is 61.5 Å². The number of aliphatic hydroxyl groups is 5. The average Bonchev–Trinajstić information content (AvgIpc) is 3.69. The van der Waals surface area contributed by atoms with Crippen LogP contribution in [0.25, 0.3) is 0 Å². The third-order valence-electron chi connectivity index (χ3n) is 6.93. The first-order valence-electron chi connectivity index (χ1n) is 13.5. The molecule has 0 bridgehead atoms. The van der Waals surface area contributed by atoms with Crippen LogP contribution in [0.1, 0.15) is 27.7 Å². The van der Waals surface area contributed by atoms with Gasteiger partial charge in [-0.1, -0.05) is 6.58 Å². The van der Waals surface area contributed by atoms with Gasteiger partial charge in [0.2, 0.25) is 0 Å². The summed E-state index contributed by atoms with van der Waals surface area (Å²) in [6.45, 7) is 10.3. The number of fused-ring (bicyclic) bond motifs is 2. The molecule has 0 aliphatic carbocycles. The van der Waals surface area contributed by atoms with Crippen molar-refractivity contribution in [1.82, 2.24) is 0 Å². The van der Waals surface area contributed by atoms with Crippen LogP contribution >= 0.6 is 0 Å². The van der Waals surface area contributed by atoms with Crippen LogP contribution in [0.15, 0.2) is 12.7 Å². The van der Waals surface area contributed by atoms with Gasteiger partial charge in [0.25, 0.3) is 0 Å². The van der Waals surface area contributed by atoms with Crippen molar-refractivity contribution in [1.29, 1.82) is 0 Å². The highest BCUT2D eigenvalue weighted by Gasteiger charge is 2.56. The Kier molecular flexibility index (Phi) is 12.2. The fourth-order valence-corrected chi connectivity index (χ4v) is 5.05. The Hall–Kier alpha value is -1.35. The van der Waals surface area contributed by atoms with Crippen molar-refractivity contribution in [2.45, 2.75) is 113 Å². The quantitative estimate of drug-likeness (QED) is 0.154. The lowest BCUT2D eigenvalue weighted by Crippen LogP contribution is -2.33. The molecule has 5 fully saturated rings. The molecule has 5 aliphatic rings. The number of rotatable bonds is 7. The predicted octanol–water partition coefficient (Wildman–Crippen LogP) is -2.11. The summed E-state index contributed by atoms with van der Waals surface area (Å²) in [7, 11) is 3.09. The Labute approximate surface area is 243 Å². The van der Waals surface area contributed by atoms with Gasteiger partial charge in [-0.15, -0.1) is 0 Å². The van der Waals surface area contributed by atoms with E-state index < -0.39 is 67.4 Å². The molecule has 0 radical (unpaired) electrons. The molecule has 0 saturated carbocycles. The Balaban J connectivity index is 0.000000180. The maximum atomic E-state index is 11.0. The van der Waals surface area contributed by atoms with E-state index in [2.05, 4.69) is 11.3 Å². The summed E-state index contributed by atoms with van der Waals surface area (Å²) < 4.78 is 53.5. The van der Waals surface area contributed by atoms with Gasteiger partial charge in [-0.2, -0.15) is 0 Å². The summed E-state index contributed by atoms with van der Waals surface area (Å²) in [5.41, 5.74) is 0. The summed E-state index contributed by atoms with van der Waals surface area (Å²) in [5.74, 6) is -1.80. The Morgan fingerprint density at radius 1 is 0.738 bits per heavy atom. The molecular formula is C26H44O16. The first-order chi connectivity index (χ1) is 19.7. The zero-order valence-electron chi connectivity index (χ0n) is 24.6. The molecule has 5 N–H and O–H groups in total. The third kappa shape index (κ3) is 8.22. The minimum Gasteiger partial charge on any atom is -0.460 e. The molecule has 244 valence electrons.